The molecule has 4 aromatic rings. The normalized spacial score (nSPS) is 10.7. The van der Waals surface area contributed by atoms with Gasteiger partial charge in [0.15, 0.2) is 11.5 Å². The first kappa shape index (κ1) is 23.9. The van der Waals surface area contributed by atoms with E-state index in [4.69, 9.17) is 18.9 Å². The summed E-state index contributed by atoms with van der Waals surface area (Å²) in [6.07, 6.45) is 0. The zero-order chi connectivity index (χ0) is 24.8. The molecule has 0 fully saturated rings. The maximum atomic E-state index is 13.1. The van der Waals surface area contributed by atoms with Crippen molar-refractivity contribution in [3.63, 3.8) is 0 Å². The summed E-state index contributed by atoms with van der Waals surface area (Å²) >= 11 is 0. The molecule has 1 amide bonds. The van der Waals surface area contributed by atoms with Gasteiger partial charge in [-0.3, -0.25) is 4.79 Å². The number of hydrogen-bond acceptors (Lipinski definition) is 7. The van der Waals surface area contributed by atoms with E-state index < -0.39 is 0 Å². The maximum absolute atomic E-state index is 13.1. The number of methoxy groups -OCH3 is 1. The monoisotopic (exact) mass is 476 g/mol. The lowest BCUT2D eigenvalue weighted by atomic mass is 10.1. The van der Waals surface area contributed by atoms with E-state index in [1.807, 2.05) is 51.1 Å². The molecule has 3 aromatic carbocycles. The van der Waals surface area contributed by atoms with Crippen LogP contribution >= 0.6 is 0 Å². The third kappa shape index (κ3) is 5.29. The summed E-state index contributed by atoms with van der Waals surface area (Å²) in [7, 11) is 1.62. The Morgan fingerprint density at radius 3 is 2.06 bits per heavy atom. The van der Waals surface area contributed by atoms with Crippen molar-refractivity contribution in [1.29, 1.82) is 0 Å². The predicted octanol–water partition coefficient (Wildman–Crippen LogP) is 4.88. The Balaban J connectivity index is 1.60. The highest BCUT2D eigenvalue weighted by atomic mass is 16.5. The van der Waals surface area contributed by atoms with E-state index in [1.54, 1.807) is 36.2 Å². The fraction of sp³-hybridized carbons (Fsp3) is 0.269. The molecule has 0 aliphatic heterocycles. The first-order valence-corrected chi connectivity index (χ1v) is 11.5. The first-order chi connectivity index (χ1) is 17.1. The first-order valence-electron chi connectivity index (χ1n) is 11.5. The van der Waals surface area contributed by atoms with E-state index in [9.17, 15) is 4.79 Å². The van der Waals surface area contributed by atoms with Crippen molar-refractivity contribution in [2.75, 3.05) is 32.2 Å². The number of benzene rings is 3. The van der Waals surface area contributed by atoms with Gasteiger partial charge in [0.2, 0.25) is 5.75 Å². The summed E-state index contributed by atoms with van der Waals surface area (Å²) in [6, 6.07) is 16.1. The molecule has 0 atom stereocenters. The second-order valence-corrected chi connectivity index (χ2v) is 7.45. The Kier molecular flexibility index (Phi) is 7.35. The molecule has 9 nitrogen and oxygen atoms in total. The number of fused-ring (bicyclic) bond motifs is 1. The zero-order valence-corrected chi connectivity index (χ0v) is 20.2. The van der Waals surface area contributed by atoms with E-state index in [1.165, 1.54) is 0 Å². The minimum absolute atomic E-state index is 0.308. The Bertz CT molecular complexity index is 1290. The van der Waals surface area contributed by atoms with Crippen LogP contribution in [0, 0.1) is 0 Å². The molecule has 1 heterocycles. The highest BCUT2D eigenvalue weighted by Crippen LogP contribution is 2.39. The minimum Gasteiger partial charge on any atom is -0.497 e. The van der Waals surface area contributed by atoms with Crippen molar-refractivity contribution < 1.29 is 23.7 Å². The van der Waals surface area contributed by atoms with Crippen molar-refractivity contribution in [3.8, 4) is 28.7 Å². The molecule has 0 aliphatic rings. The van der Waals surface area contributed by atoms with Crippen LogP contribution < -0.4 is 24.3 Å². The summed E-state index contributed by atoms with van der Waals surface area (Å²) in [5, 5.41) is 12.0. The van der Waals surface area contributed by atoms with Gasteiger partial charge in [0.25, 0.3) is 5.91 Å². The number of carbonyl (C=O) groups is 1. The van der Waals surface area contributed by atoms with Gasteiger partial charge >= 0.3 is 0 Å². The number of carbonyl (C=O) groups excluding carboxylic acids is 1. The maximum Gasteiger partial charge on any atom is 0.255 e. The molecule has 9 heteroatoms. The third-order valence-electron chi connectivity index (χ3n) is 5.11. The number of rotatable bonds is 10. The summed E-state index contributed by atoms with van der Waals surface area (Å²) in [5.74, 6) is 1.86. The molecule has 35 heavy (non-hydrogen) atoms. The van der Waals surface area contributed by atoms with E-state index in [-0.39, 0.29) is 5.91 Å². The van der Waals surface area contributed by atoms with Gasteiger partial charge < -0.3 is 24.3 Å². The number of hydrogen-bond donors (Lipinski definition) is 1. The minimum atomic E-state index is -0.308. The fourth-order valence-electron chi connectivity index (χ4n) is 3.55. The average Bonchev–Trinajstić information content (AvgIpc) is 3.29. The molecule has 0 radical (unpaired) electrons. The molecule has 0 spiro atoms. The van der Waals surface area contributed by atoms with Gasteiger partial charge in [0, 0.05) is 11.3 Å². The van der Waals surface area contributed by atoms with Crippen molar-refractivity contribution in [1.82, 2.24) is 15.0 Å². The van der Waals surface area contributed by atoms with Gasteiger partial charge in [-0.15, -0.1) is 10.2 Å². The van der Waals surface area contributed by atoms with Crippen LogP contribution in [-0.2, 0) is 0 Å². The van der Waals surface area contributed by atoms with Gasteiger partial charge in [0.05, 0.1) is 32.6 Å². The molecular formula is C26H28N4O5. The lowest BCUT2D eigenvalue weighted by Gasteiger charge is -2.17. The van der Waals surface area contributed by atoms with Crippen LogP contribution in [0.5, 0.6) is 23.0 Å². The number of nitrogens with zero attached hydrogens (tertiary/aromatic N) is 3. The van der Waals surface area contributed by atoms with Crippen LogP contribution in [0.15, 0.2) is 54.6 Å². The largest absolute Gasteiger partial charge is 0.497 e. The zero-order valence-electron chi connectivity index (χ0n) is 20.2. The third-order valence-corrected chi connectivity index (χ3v) is 5.11. The number of amides is 1. The van der Waals surface area contributed by atoms with E-state index in [2.05, 4.69) is 15.5 Å². The number of ether oxygens (including phenoxy) is 4. The molecule has 0 saturated heterocycles. The molecule has 1 N–H and O–H groups in total. The van der Waals surface area contributed by atoms with Crippen LogP contribution in [0.3, 0.4) is 0 Å². The second-order valence-electron chi connectivity index (χ2n) is 7.45. The topological polar surface area (TPSA) is 96.7 Å². The Morgan fingerprint density at radius 2 is 1.46 bits per heavy atom. The molecule has 0 unspecified atom stereocenters. The van der Waals surface area contributed by atoms with Gasteiger partial charge in [-0.25, -0.2) is 0 Å². The Hall–Kier alpha value is -4.27. The SMILES string of the molecule is CCOc1cc(C(=O)Nc2ccc3nn(-c4ccc(OC)cc4)nc3c2)cc(OCC)c1OCC. The molecule has 4 rings (SSSR count). The Morgan fingerprint density at radius 1 is 0.829 bits per heavy atom. The quantitative estimate of drug-likeness (QED) is 0.348. The smallest absolute Gasteiger partial charge is 0.255 e. The van der Waals surface area contributed by atoms with Crippen molar-refractivity contribution in [3.05, 3.63) is 60.2 Å². The van der Waals surface area contributed by atoms with Crippen LogP contribution in [0.25, 0.3) is 16.7 Å². The average molecular weight is 477 g/mol. The molecule has 1 aromatic heterocycles. The van der Waals surface area contributed by atoms with Gasteiger partial charge in [-0.05, 0) is 75.4 Å². The van der Waals surface area contributed by atoms with Crippen molar-refractivity contribution in [2.45, 2.75) is 20.8 Å². The van der Waals surface area contributed by atoms with Gasteiger partial charge in [0.1, 0.15) is 16.8 Å². The number of anilines is 1. The Labute approximate surface area is 203 Å². The fourth-order valence-corrected chi connectivity index (χ4v) is 3.55. The van der Waals surface area contributed by atoms with E-state index >= 15 is 0 Å². The standard InChI is InChI=1S/C26H28N4O5/c1-5-33-23-14-17(15-24(34-6-2)25(23)35-7-3)26(31)27-18-8-13-21-22(16-18)29-30(28-21)19-9-11-20(32-4)12-10-19/h8-16H,5-7H2,1-4H3,(H,27,31). The second kappa shape index (κ2) is 10.8. The van der Waals surface area contributed by atoms with Crippen LogP contribution in [0.4, 0.5) is 5.69 Å². The number of aromatic nitrogens is 3. The molecule has 0 saturated carbocycles. The van der Waals surface area contributed by atoms with E-state index in [0.29, 0.717) is 59.4 Å². The molecular weight excluding hydrogens is 448 g/mol. The molecule has 0 aliphatic carbocycles. The highest BCUT2D eigenvalue weighted by Gasteiger charge is 2.19. The molecule has 182 valence electrons. The predicted molar refractivity (Wildman–Crippen MR) is 133 cm³/mol. The summed E-state index contributed by atoms with van der Waals surface area (Å²) < 4.78 is 22.4. The summed E-state index contributed by atoms with van der Waals surface area (Å²) in [5.41, 5.74) is 3.14. The lowest BCUT2D eigenvalue weighted by molar-refractivity contribution is 0.102. The molecule has 0 bridgehead atoms. The van der Waals surface area contributed by atoms with E-state index in [0.717, 1.165) is 11.4 Å². The van der Waals surface area contributed by atoms with Crippen LogP contribution in [0.2, 0.25) is 0 Å². The highest BCUT2D eigenvalue weighted by molar-refractivity contribution is 6.05. The van der Waals surface area contributed by atoms with Crippen LogP contribution in [0.1, 0.15) is 31.1 Å². The van der Waals surface area contributed by atoms with Crippen molar-refractivity contribution in [2.24, 2.45) is 0 Å². The van der Waals surface area contributed by atoms with Crippen LogP contribution in [-0.4, -0.2) is 47.8 Å². The summed E-state index contributed by atoms with van der Waals surface area (Å²) in [6.45, 7) is 6.93. The lowest BCUT2D eigenvalue weighted by Crippen LogP contribution is -2.13. The number of nitrogens with one attached hydrogen (secondary N) is 1. The summed E-state index contributed by atoms with van der Waals surface area (Å²) in [4.78, 5) is 14.6. The van der Waals surface area contributed by atoms with Crippen molar-refractivity contribution >= 4 is 22.6 Å². The van der Waals surface area contributed by atoms with Gasteiger partial charge in [-0.2, -0.15) is 4.80 Å². The van der Waals surface area contributed by atoms with Gasteiger partial charge in [-0.1, -0.05) is 0 Å².